The highest BCUT2D eigenvalue weighted by molar-refractivity contribution is 6.42. The van der Waals surface area contributed by atoms with Crippen molar-refractivity contribution in [2.45, 2.75) is 32.2 Å². The molecule has 2 rings (SSSR count). The van der Waals surface area contributed by atoms with Gasteiger partial charge in [-0.3, -0.25) is 4.79 Å². The Hall–Kier alpha value is -1.51. The topological polar surface area (TPSA) is 29.1 Å². The van der Waals surface area contributed by atoms with Crippen LogP contribution in [-0.4, -0.2) is 5.91 Å². The van der Waals surface area contributed by atoms with Gasteiger partial charge in [0.05, 0.1) is 16.1 Å². The molecule has 2 nitrogen and oxygen atoms in total. The summed E-state index contributed by atoms with van der Waals surface area (Å²) in [5.41, 5.74) is 2.14. The van der Waals surface area contributed by atoms with E-state index in [-0.39, 0.29) is 11.9 Å². The standard InChI is InChI=1S/C18H19Cl2NO/c1-2-17(14-6-4-3-5-7-14)21-18(22)11-9-13-8-10-15(19)16(20)12-13/h3-8,10,12,17H,2,9,11H2,1H3,(H,21,22)/t17-/m1/s1. The first-order valence-corrected chi connectivity index (χ1v) is 8.14. The first kappa shape index (κ1) is 16.9. The van der Waals surface area contributed by atoms with Crippen LogP contribution in [0.25, 0.3) is 0 Å². The lowest BCUT2D eigenvalue weighted by molar-refractivity contribution is -0.121. The maximum atomic E-state index is 12.1. The van der Waals surface area contributed by atoms with Crippen LogP contribution in [0.2, 0.25) is 10.0 Å². The normalized spacial score (nSPS) is 12.0. The van der Waals surface area contributed by atoms with Crippen molar-refractivity contribution in [3.8, 4) is 0 Å². The van der Waals surface area contributed by atoms with Crippen molar-refractivity contribution < 1.29 is 4.79 Å². The molecule has 0 aliphatic heterocycles. The van der Waals surface area contributed by atoms with Gasteiger partial charge >= 0.3 is 0 Å². The summed E-state index contributed by atoms with van der Waals surface area (Å²) in [6, 6.07) is 15.5. The van der Waals surface area contributed by atoms with Crippen molar-refractivity contribution in [2.75, 3.05) is 0 Å². The Balaban J connectivity index is 1.90. The molecule has 0 saturated heterocycles. The fourth-order valence-corrected chi connectivity index (χ4v) is 2.65. The van der Waals surface area contributed by atoms with Gasteiger partial charge in [-0.25, -0.2) is 0 Å². The average Bonchev–Trinajstić information content (AvgIpc) is 2.54. The lowest BCUT2D eigenvalue weighted by atomic mass is 10.0. The molecule has 2 aromatic rings. The lowest BCUT2D eigenvalue weighted by Crippen LogP contribution is -2.28. The second-order valence-electron chi connectivity index (χ2n) is 5.19. The fourth-order valence-electron chi connectivity index (χ4n) is 2.33. The molecular weight excluding hydrogens is 317 g/mol. The summed E-state index contributed by atoms with van der Waals surface area (Å²) in [7, 11) is 0. The van der Waals surface area contributed by atoms with Crippen LogP contribution in [0.15, 0.2) is 48.5 Å². The quantitative estimate of drug-likeness (QED) is 0.772. The lowest BCUT2D eigenvalue weighted by Gasteiger charge is -2.17. The van der Waals surface area contributed by atoms with E-state index in [0.29, 0.717) is 22.9 Å². The van der Waals surface area contributed by atoms with Gasteiger partial charge in [-0.15, -0.1) is 0 Å². The van der Waals surface area contributed by atoms with Crippen molar-refractivity contribution in [1.82, 2.24) is 5.32 Å². The summed E-state index contributed by atoms with van der Waals surface area (Å²) in [4.78, 5) is 12.1. The van der Waals surface area contributed by atoms with Gasteiger partial charge < -0.3 is 5.32 Å². The third-order valence-corrected chi connectivity index (χ3v) is 4.31. The van der Waals surface area contributed by atoms with Gasteiger partial charge in [-0.2, -0.15) is 0 Å². The summed E-state index contributed by atoms with van der Waals surface area (Å²) >= 11 is 11.9. The molecule has 1 amide bonds. The minimum Gasteiger partial charge on any atom is -0.349 e. The summed E-state index contributed by atoms with van der Waals surface area (Å²) in [6.45, 7) is 2.07. The SMILES string of the molecule is CC[C@@H](NC(=O)CCc1ccc(Cl)c(Cl)c1)c1ccccc1. The van der Waals surface area contributed by atoms with E-state index in [1.165, 1.54) is 0 Å². The second-order valence-corrected chi connectivity index (χ2v) is 6.00. The minimum atomic E-state index is 0.0433. The van der Waals surface area contributed by atoms with Crippen LogP contribution >= 0.6 is 23.2 Å². The zero-order chi connectivity index (χ0) is 15.9. The van der Waals surface area contributed by atoms with Crippen LogP contribution in [-0.2, 0) is 11.2 Å². The zero-order valence-electron chi connectivity index (χ0n) is 12.5. The largest absolute Gasteiger partial charge is 0.349 e. The molecule has 0 aliphatic rings. The van der Waals surface area contributed by atoms with Crippen molar-refractivity contribution in [3.05, 3.63) is 69.7 Å². The van der Waals surface area contributed by atoms with Gasteiger partial charge in [0.25, 0.3) is 0 Å². The number of halogens is 2. The molecule has 0 unspecified atom stereocenters. The number of hydrogen-bond acceptors (Lipinski definition) is 1. The monoisotopic (exact) mass is 335 g/mol. The van der Waals surface area contributed by atoms with Crippen LogP contribution < -0.4 is 5.32 Å². The Morgan fingerprint density at radius 2 is 1.82 bits per heavy atom. The Morgan fingerprint density at radius 3 is 2.45 bits per heavy atom. The number of hydrogen-bond donors (Lipinski definition) is 1. The molecule has 0 bridgehead atoms. The Kier molecular flexibility index (Phi) is 6.29. The molecule has 2 aromatic carbocycles. The highest BCUT2D eigenvalue weighted by Crippen LogP contribution is 2.23. The number of rotatable bonds is 6. The molecule has 0 radical (unpaired) electrons. The smallest absolute Gasteiger partial charge is 0.220 e. The highest BCUT2D eigenvalue weighted by Gasteiger charge is 2.12. The van der Waals surface area contributed by atoms with Gasteiger partial charge in [-0.05, 0) is 36.1 Å². The Morgan fingerprint density at radius 1 is 1.09 bits per heavy atom. The highest BCUT2D eigenvalue weighted by atomic mass is 35.5. The van der Waals surface area contributed by atoms with E-state index in [9.17, 15) is 4.79 Å². The predicted octanol–water partition coefficient (Wildman–Crippen LogP) is 5.19. The summed E-state index contributed by atoms with van der Waals surface area (Å²) in [5.74, 6) is 0.0433. The van der Waals surface area contributed by atoms with Crippen LogP contribution in [0.4, 0.5) is 0 Å². The fraction of sp³-hybridized carbons (Fsp3) is 0.278. The van der Waals surface area contributed by atoms with E-state index in [0.717, 1.165) is 17.5 Å². The van der Waals surface area contributed by atoms with Gasteiger partial charge in [0.1, 0.15) is 0 Å². The van der Waals surface area contributed by atoms with Gasteiger partial charge in [0.2, 0.25) is 5.91 Å². The maximum Gasteiger partial charge on any atom is 0.220 e. The van der Waals surface area contributed by atoms with Crippen molar-refractivity contribution in [3.63, 3.8) is 0 Å². The molecule has 0 aromatic heterocycles. The molecule has 0 heterocycles. The van der Waals surface area contributed by atoms with Gasteiger partial charge in [0.15, 0.2) is 0 Å². The molecule has 0 spiro atoms. The molecule has 0 aliphatic carbocycles. The predicted molar refractivity (Wildman–Crippen MR) is 92.4 cm³/mol. The number of nitrogens with one attached hydrogen (secondary N) is 1. The molecule has 4 heteroatoms. The van der Waals surface area contributed by atoms with Crippen LogP contribution in [0, 0.1) is 0 Å². The van der Waals surface area contributed by atoms with Crippen LogP contribution in [0.3, 0.4) is 0 Å². The number of aryl methyl sites for hydroxylation is 1. The first-order chi connectivity index (χ1) is 10.6. The number of amides is 1. The molecule has 0 saturated carbocycles. The molecule has 0 fully saturated rings. The molecular formula is C18H19Cl2NO. The first-order valence-electron chi connectivity index (χ1n) is 7.38. The Bertz CT molecular complexity index is 628. The Labute approximate surface area is 141 Å². The number of carbonyl (C=O) groups is 1. The third kappa shape index (κ3) is 4.75. The summed E-state index contributed by atoms with van der Waals surface area (Å²) in [6.07, 6.45) is 1.94. The zero-order valence-corrected chi connectivity index (χ0v) is 14.0. The van der Waals surface area contributed by atoms with Crippen LogP contribution in [0.5, 0.6) is 0 Å². The van der Waals surface area contributed by atoms with Crippen molar-refractivity contribution in [2.24, 2.45) is 0 Å². The van der Waals surface area contributed by atoms with E-state index >= 15 is 0 Å². The number of carbonyl (C=O) groups excluding carboxylic acids is 1. The summed E-state index contributed by atoms with van der Waals surface area (Å²) < 4.78 is 0. The van der Waals surface area contributed by atoms with E-state index < -0.39 is 0 Å². The van der Waals surface area contributed by atoms with Crippen LogP contribution in [0.1, 0.15) is 36.9 Å². The van der Waals surface area contributed by atoms with Gasteiger partial charge in [0, 0.05) is 6.42 Å². The van der Waals surface area contributed by atoms with E-state index in [1.54, 1.807) is 6.07 Å². The van der Waals surface area contributed by atoms with Crippen molar-refractivity contribution >= 4 is 29.1 Å². The molecule has 1 atom stereocenters. The average molecular weight is 336 g/mol. The third-order valence-electron chi connectivity index (χ3n) is 3.57. The minimum absolute atomic E-state index is 0.0433. The second kappa shape index (κ2) is 8.21. The molecule has 1 N–H and O–H groups in total. The van der Waals surface area contributed by atoms with E-state index in [1.807, 2.05) is 42.5 Å². The summed E-state index contributed by atoms with van der Waals surface area (Å²) in [5, 5.41) is 4.14. The van der Waals surface area contributed by atoms with Crippen molar-refractivity contribution in [1.29, 1.82) is 0 Å². The maximum absolute atomic E-state index is 12.1. The molecule has 116 valence electrons. The van der Waals surface area contributed by atoms with Gasteiger partial charge in [-0.1, -0.05) is 66.5 Å². The van der Waals surface area contributed by atoms with E-state index in [2.05, 4.69) is 12.2 Å². The van der Waals surface area contributed by atoms with E-state index in [4.69, 9.17) is 23.2 Å². The number of benzene rings is 2. The molecule has 22 heavy (non-hydrogen) atoms.